The maximum absolute atomic E-state index is 12.1. The normalized spacial score (nSPS) is 16.3. The largest absolute Gasteiger partial charge is 0.461 e. The molecule has 2 N–H and O–H groups in total. The molecule has 7 heteroatoms. The van der Waals surface area contributed by atoms with Gasteiger partial charge >= 0.3 is 12.1 Å². The fourth-order valence-corrected chi connectivity index (χ4v) is 3.07. The van der Waals surface area contributed by atoms with Crippen LogP contribution in [0.3, 0.4) is 0 Å². The van der Waals surface area contributed by atoms with E-state index >= 15 is 0 Å². The van der Waals surface area contributed by atoms with E-state index in [1.165, 1.54) is 0 Å². The molecule has 0 aromatic heterocycles. The molecule has 1 heterocycles. The molecule has 1 aliphatic rings. The van der Waals surface area contributed by atoms with E-state index in [1.54, 1.807) is 16.7 Å². The van der Waals surface area contributed by atoms with Crippen molar-refractivity contribution in [2.45, 2.75) is 38.0 Å². The minimum Gasteiger partial charge on any atom is -0.461 e. The zero-order valence-electron chi connectivity index (χ0n) is 14.6. The van der Waals surface area contributed by atoms with Crippen molar-refractivity contribution in [1.29, 1.82) is 0 Å². The van der Waals surface area contributed by atoms with Crippen molar-refractivity contribution < 1.29 is 19.1 Å². The monoisotopic (exact) mass is 366 g/mol. The summed E-state index contributed by atoms with van der Waals surface area (Å²) in [4.78, 5) is 25.7. The number of esters is 1. The molecule has 1 saturated heterocycles. The van der Waals surface area contributed by atoms with Gasteiger partial charge in [0.25, 0.3) is 0 Å². The molecule has 0 aliphatic carbocycles. The number of benzene rings is 1. The molecule has 0 bridgehead atoms. The van der Waals surface area contributed by atoms with E-state index < -0.39 is 6.04 Å². The summed E-state index contributed by atoms with van der Waals surface area (Å²) in [7, 11) is 0. The first kappa shape index (κ1) is 19.6. The smallest absolute Gasteiger partial charge is 0.410 e. The molecule has 6 nitrogen and oxygen atoms in total. The van der Waals surface area contributed by atoms with Crippen molar-refractivity contribution in [2.75, 3.05) is 25.1 Å². The van der Waals surface area contributed by atoms with Crippen molar-refractivity contribution >= 4 is 23.8 Å². The van der Waals surface area contributed by atoms with Crippen LogP contribution in [-0.2, 0) is 20.9 Å². The maximum Gasteiger partial charge on any atom is 0.410 e. The first-order chi connectivity index (χ1) is 12.1. The number of hydrogen-bond donors (Lipinski definition) is 1. The average molecular weight is 366 g/mol. The number of piperidine rings is 1. The third kappa shape index (κ3) is 6.59. The Bertz CT molecular complexity index is 547. The third-order valence-electron chi connectivity index (χ3n) is 4.12. The highest BCUT2D eigenvalue weighted by Gasteiger charge is 2.27. The molecule has 0 unspecified atom stereocenters. The molecular formula is C18H26N2O4S. The Labute approximate surface area is 153 Å². The highest BCUT2D eigenvalue weighted by Crippen LogP contribution is 2.16. The lowest BCUT2D eigenvalue weighted by Gasteiger charge is -2.31. The van der Waals surface area contributed by atoms with Gasteiger partial charge in [0.05, 0.1) is 0 Å². The number of carbonyl (C=O) groups excluding carboxylic acids is 2. The number of ether oxygens (including phenoxy) is 2. The number of rotatable bonds is 7. The van der Waals surface area contributed by atoms with Crippen LogP contribution in [0, 0.1) is 0 Å². The second-order valence-corrected chi connectivity index (χ2v) is 7.04. The van der Waals surface area contributed by atoms with E-state index in [4.69, 9.17) is 15.2 Å². The number of carbonyl (C=O) groups is 2. The quantitative estimate of drug-likeness (QED) is 0.746. The summed E-state index contributed by atoms with van der Waals surface area (Å²) in [6, 6.07) is 9.00. The lowest BCUT2D eigenvalue weighted by molar-refractivity contribution is -0.152. The van der Waals surface area contributed by atoms with Crippen LogP contribution >= 0.6 is 11.8 Å². The predicted octanol–water partition coefficient (Wildman–Crippen LogP) is 2.41. The van der Waals surface area contributed by atoms with E-state index in [2.05, 4.69) is 0 Å². The molecule has 25 heavy (non-hydrogen) atoms. The zero-order valence-corrected chi connectivity index (χ0v) is 15.4. The van der Waals surface area contributed by atoms with Gasteiger partial charge in [-0.15, -0.1) is 0 Å². The lowest BCUT2D eigenvalue weighted by Crippen LogP contribution is -2.43. The highest BCUT2D eigenvalue weighted by atomic mass is 32.2. The van der Waals surface area contributed by atoms with Crippen LogP contribution in [0.1, 0.15) is 24.8 Å². The molecule has 1 atom stereocenters. The summed E-state index contributed by atoms with van der Waals surface area (Å²) in [5, 5.41) is 0. The van der Waals surface area contributed by atoms with Gasteiger partial charge in [0.1, 0.15) is 18.8 Å². The van der Waals surface area contributed by atoms with Crippen LogP contribution in [0.5, 0.6) is 0 Å². The van der Waals surface area contributed by atoms with Crippen LogP contribution < -0.4 is 5.73 Å². The minimum absolute atomic E-state index is 0.175. The molecule has 2 rings (SSSR count). The van der Waals surface area contributed by atoms with Crippen molar-refractivity contribution in [3.8, 4) is 0 Å². The summed E-state index contributed by atoms with van der Waals surface area (Å²) >= 11 is 1.65. The van der Waals surface area contributed by atoms with Crippen molar-refractivity contribution in [1.82, 2.24) is 4.90 Å². The second kappa shape index (κ2) is 10.3. The van der Waals surface area contributed by atoms with Gasteiger partial charge in [-0.3, -0.25) is 4.79 Å². The van der Waals surface area contributed by atoms with Gasteiger partial charge in [-0.2, -0.15) is 11.8 Å². The Morgan fingerprint density at radius 1 is 1.28 bits per heavy atom. The molecule has 1 aromatic carbocycles. The Morgan fingerprint density at radius 3 is 2.60 bits per heavy atom. The van der Waals surface area contributed by atoms with Crippen LogP contribution in [0.15, 0.2) is 30.3 Å². The van der Waals surface area contributed by atoms with Crippen molar-refractivity contribution in [3.63, 3.8) is 0 Å². The van der Waals surface area contributed by atoms with Gasteiger partial charge in [0.2, 0.25) is 0 Å². The van der Waals surface area contributed by atoms with Gasteiger partial charge in [-0.25, -0.2) is 4.79 Å². The van der Waals surface area contributed by atoms with E-state index in [0.717, 1.165) is 11.3 Å². The van der Waals surface area contributed by atoms with E-state index in [1.807, 2.05) is 36.6 Å². The number of amides is 1. The minimum atomic E-state index is -0.568. The molecule has 1 aromatic rings. The van der Waals surface area contributed by atoms with E-state index in [-0.39, 0.29) is 24.8 Å². The number of nitrogens with two attached hydrogens (primary N) is 1. The Hall–Kier alpha value is -1.73. The van der Waals surface area contributed by atoms with Crippen molar-refractivity contribution in [3.05, 3.63) is 35.9 Å². The SMILES string of the molecule is CSCC[C@H](N)C(=O)OC1CCN(C(=O)OCc2ccccc2)CC1. The molecule has 1 amide bonds. The van der Waals surface area contributed by atoms with Crippen LogP contribution in [0.25, 0.3) is 0 Å². The summed E-state index contributed by atoms with van der Waals surface area (Å²) in [5.74, 6) is 0.487. The predicted molar refractivity (Wildman–Crippen MR) is 98.3 cm³/mol. The van der Waals surface area contributed by atoms with E-state index in [9.17, 15) is 9.59 Å². The summed E-state index contributed by atoms with van der Waals surface area (Å²) in [6.45, 7) is 1.30. The summed E-state index contributed by atoms with van der Waals surface area (Å²) in [6.07, 6.45) is 3.31. The van der Waals surface area contributed by atoms with Crippen molar-refractivity contribution in [2.24, 2.45) is 5.73 Å². The Balaban J connectivity index is 1.68. The standard InChI is InChI=1S/C18H26N2O4S/c1-25-12-9-16(19)17(21)24-15-7-10-20(11-8-15)18(22)23-13-14-5-3-2-4-6-14/h2-6,15-16H,7-13,19H2,1H3/t16-/m0/s1. The maximum atomic E-state index is 12.1. The summed E-state index contributed by atoms with van der Waals surface area (Å²) < 4.78 is 10.8. The Kier molecular flexibility index (Phi) is 8.08. The molecule has 0 radical (unpaired) electrons. The lowest BCUT2D eigenvalue weighted by atomic mass is 10.1. The third-order valence-corrected chi connectivity index (χ3v) is 4.77. The highest BCUT2D eigenvalue weighted by molar-refractivity contribution is 7.98. The average Bonchev–Trinajstić information content (AvgIpc) is 2.65. The van der Waals surface area contributed by atoms with Gasteiger partial charge < -0.3 is 20.1 Å². The zero-order chi connectivity index (χ0) is 18.1. The Morgan fingerprint density at radius 2 is 1.96 bits per heavy atom. The number of hydrogen-bond acceptors (Lipinski definition) is 6. The van der Waals surface area contributed by atoms with Crippen LogP contribution in [0.4, 0.5) is 4.79 Å². The fraction of sp³-hybridized carbons (Fsp3) is 0.556. The second-order valence-electron chi connectivity index (χ2n) is 6.05. The molecule has 138 valence electrons. The molecular weight excluding hydrogens is 340 g/mol. The van der Waals surface area contributed by atoms with Crippen LogP contribution in [0.2, 0.25) is 0 Å². The number of thioether (sulfide) groups is 1. The molecule has 0 spiro atoms. The topological polar surface area (TPSA) is 81.9 Å². The van der Waals surface area contributed by atoms with Gasteiger partial charge in [0, 0.05) is 25.9 Å². The fourth-order valence-electron chi connectivity index (χ4n) is 2.58. The first-order valence-corrected chi connectivity index (χ1v) is 9.90. The number of nitrogens with zero attached hydrogens (tertiary/aromatic N) is 1. The van der Waals surface area contributed by atoms with Crippen LogP contribution in [-0.4, -0.2) is 54.2 Å². The van der Waals surface area contributed by atoms with Gasteiger partial charge in [-0.05, 0) is 24.0 Å². The molecule has 1 fully saturated rings. The van der Waals surface area contributed by atoms with Gasteiger partial charge in [-0.1, -0.05) is 30.3 Å². The molecule has 1 aliphatic heterocycles. The number of likely N-dealkylation sites (tertiary alicyclic amines) is 1. The molecule has 0 saturated carbocycles. The summed E-state index contributed by atoms with van der Waals surface area (Å²) in [5.41, 5.74) is 6.78. The first-order valence-electron chi connectivity index (χ1n) is 8.50. The van der Waals surface area contributed by atoms with Gasteiger partial charge in [0.15, 0.2) is 0 Å². The van der Waals surface area contributed by atoms with E-state index in [0.29, 0.717) is 32.4 Å².